The van der Waals surface area contributed by atoms with Crippen LogP contribution >= 0.6 is 0 Å². The molecular formula is C27H27N5O4. The number of hydrogen-bond donors (Lipinski definition) is 4. The zero-order valence-electron chi connectivity index (χ0n) is 19.6. The monoisotopic (exact) mass is 485 g/mol. The van der Waals surface area contributed by atoms with E-state index < -0.39 is 12.0 Å². The van der Waals surface area contributed by atoms with E-state index in [1.165, 1.54) is 6.21 Å². The van der Waals surface area contributed by atoms with Gasteiger partial charge in [-0.1, -0.05) is 42.5 Å². The molecule has 1 heterocycles. The van der Waals surface area contributed by atoms with Crippen molar-refractivity contribution in [3.63, 3.8) is 0 Å². The summed E-state index contributed by atoms with van der Waals surface area (Å²) in [4.78, 5) is 39.0. The number of anilines is 2. The molecule has 4 rings (SSSR count). The fraction of sp³-hybridized carbons (Fsp3) is 0.185. The molecule has 3 aromatic rings. The molecule has 9 heteroatoms. The lowest BCUT2D eigenvalue weighted by Gasteiger charge is -2.24. The molecule has 0 aliphatic carbocycles. The molecule has 0 radical (unpaired) electrons. The molecule has 0 saturated carbocycles. The number of hydrazone groups is 1. The van der Waals surface area contributed by atoms with Gasteiger partial charge < -0.3 is 26.5 Å². The predicted molar refractivity (Wildman–Crippen MR) is 138 cm³/mol. The summed E-state index contributed by atoms with van der Waals surface area (Å²) < 4.78 is 0. The van der Waals surface area contributed by atoms with Crippen molar-refractivity contribution in [2.75, 3.05) is 17.2 Å². The number of nitrogens with one attached hydrogen (secondary N) is 2. The predicted octanol–water partition coefficient (Wildman–Crippen LogP) is 3.07. The van der Waals surface area contributed by atoms with Gasteiger partial charge in [0.15, 0.2) is 0 Å². The van der Waals surface area contributed by atoms with Crippen LogP contribution in [0.3, 0.4) is 0 Å². The second-order valence-corrected chi connectivity index (χ2v) is 8.52. The Hall–Kier alpha value is -4.66. The molecule has 1 atom stereocenters. The summed E-state index contributed by atoms with van der Waals surface area (Å²) in [5, 5.41) is 18.8. The fourth-order valence-corrected chi connectivity index (χ4v) is 4.12. The molecule has 3 aromatic carbocycles. The van der Waals surface area contributed by atoms with E-state index in [2.05, 4.69) is 15.7 Å². The number of benzene rings is 3. The first kappa shape index (κ1) is 24.5. The zero-order chi connectivity index (χ0) is 25.5. The highest BCUT2D eigenvalue weighted by molar-refractivity contribution is 6.04. The number of rotatable bonds is 8. The minimum atomic E-state index is -1.06. The van der Waals surface area contributed by atoms with E-state index in [0.29, 0.717) is 36.4 Å². The number of nitrogens with zero attached hydrogens (tertiary/aromatic N) is 2. The molecule has 9 nitrogen and oxygen atoms in total. The number of carboxylic acid groups (broad SMARTS) is 1. The smallest absolute Gasteiger partial charge is 0.305 e. The van der Waals surface area contributed by atoms with Crippen LogP contribution in [0.5, 0.6) is 0 Å². The first-order chi connectivity index (χ1) is 17.4. The third-order valence-corrected chi connectivity index (χ3v) is 5.95. The van der Waals surface area contributed by atoms with Crippen LogP contribution in [-0.4, -0.2) is 46.6 Å². The van der Waals surface area contributed by atoms with E-state index in [0.717, 1.165) is 16.7 Å². The Kier molecular flexibility index (Phi) is 7.60. The van der Waals surface area contributed by atoms with Crippen LogP contribution in [0.25, 0.3) is 0 Å². The van der Waals surface area contributed by atoms with Crippen LogP contribution in [0.4, 0.5) is 11.4 Å². The van der Waals surface area contributed by atoms with Gasteiger partial charge in [-0.05, 0) is 53.4 Å². The molecule has 0 spiro atoms. The van der Waals surface area contributed by atoms with Gasteiger partial charge in [-0.25, -0.2) is 0 Å². The summed E-state index contributed by atoms with van der Waals surface area (Å²) in [6.45, 7) is 0.732. The van der Waals surface area contributed by atoms with Gasteiger partial charge in [0.1, 0.15) is 6.04 Å². The number of amides is 2. The maximum Gasteiger partial charge on any atom is 0.305 e. The van der Waals surface area contributed by atoms with Crippen molar-refractivity contribution in [2.24, 2.45) is 10.9 Å². The number of nitrogens with two attached hydrogens (primary N) is 1. The highest BCUT2D eigenvalue weighted by Crippen LogP contribution is 2.28. The Morgan fingerprint density at radius 1 is 1.11 bits per heavy atom. The second-order valence-electron chi connectivity index (χ2n) is 8.52. The lowest BCUT2D eigenvalue weighted by Crippen LogP contribution is -2.42. The average Bonchev–Trinajstić information content (AvgIpc) is 3.00. The molecular weight excluding hydrogens is 458 g/mol. The zero-order valence-corrected chi connectivity index (χ0v) is 19.6. The molecule has 1 aliphatic rings. The van der Waals surface area contributed by atoms with Gasteiger partial charge in [-0.2, -0.15) is 5.10 Å². The number of carbonyl (C=O) groups is 3. The third kappa shape index (κ3) is 6.06. The average molecular weight is 486 g/mol. The quantitative estimate of drug-likeness (QED) is 0.220. The number of fused-ring (bicyclic) bond motifs is 1. The Morgan fingerprint density at radius 3 is 2.56 bits per heavy atom. The van der Waals surface area contributed by atoms with Crippen LogP contribution in [0.15, 0.2) is 77.9 Å². The van der Waals surface area contributed by atoms with E-state index in [-0.39, 0.29) is 18.2 Å². The first-order valence-electron chi connectivity index (χ1n) is 11.5. The molecule has 184 valence electrons. The highest BCUT2D eigenvalue weighted by Gasteiger charge is 2.30. The molecule has 1 aliphatic heterocycles. The van der Waals surface area contributed by atoms with Gasteiger partial charge in [0, 0.05) is 30.0 Å². The maximum absolute atomic E-state index is 13.2. The van der Waals surface area contributed by atoms with Crippen LogP contribution < -0.4 is 16.5 Å². The van der Waals surface area contributed by atoms with Gasteiger partial charge in [-0.3, -0.25) is 14.4 Å². The molecule has 0 saturated heterocycles. The van der Waals surface area contributed by atoms with Crippen LogP contribution in [0.2, 0.25) is 0 Å². The van der Waals surface area contributed by atoms with E-state index in [9.17, 15) is 19.5 Å². The number of carbonyl (C=O) groups excluding carboxylic acids is 2. The van der Waals surface area contributed by atoms with Gasteiger partial charge in [0.2, 0.25) is 5.91 Å². The fourth-order valence-electron chi connectivity index (χ4n) is 4.12. The minimum Gasteiger partial charge on any atom is -0.481 e. The molecule has 1 unspecified atom stereocenters. The summed E-state index contributed by atoms with van der Waals surface area (Å²) in [6.07, 6.45) is 1.80. The minimum absolute atomic E-state index is 0.267. The van der Waals surface area contributed by atoms with Gasteiger partial charge in [-0.15, -0.1) is 0 Å². The largest absolute Gasteiger partial charge is 0.481 e. The molecule has 36 heavy (non-hydrogen) atoms. The van der Waals surface area contributed by atoms with E-state index in [1.54, 1.807) is 41.3 Å². The Labute approximate surface area is 208 Å². The van der Waals surface area contributed by atoms with Crippen molar-refractivity contribution in [3.05, 3.63) is 95.1 Å². The molecule has 0 aromatic heterocycles. The Balaban J connectivity index is 1.54. The standard InChI is InChI=1S/C27H27N5O4/c28-29-16-19-6-8-20(9-7-19)26(35)30-22-10-11-23-21(14-22)17-32(13-12-18-4-2-1-3-5-18)27(36)24(31-23)15-25(33)34/h1-11,14,16,24,31H,12-13,15,17,28H2,(H,30,35)(H,33,34). The molecule has 0 bridgehead atoms. The van der Waals surface area contributed by atoms with Crippen molar-refractivity contribution in [1.29, 1.82) is 0 Å². The van der Waals surface area contributed by atoms with E-state index >= 15 is 0 Å². The number of carboxylic acids is 1. The third-order valence-electron chi connectivity index (χ3n) is 5.95. The highest BCUT2D eigenvalue weighted by atomic mass is 16.4. The van der Waals surface area contributed by atoms with Gasteiger partial charge >= 0.3 is 5.97 Å². The van der Waals surface area contributed by atoms with Crippen molar-refractivity contribution in [1.82, 2.24) is 4.90 Å². The summed E-state index contributed by atoms with van der Waals surface area (Å²) >= 11 is 0. The lowest BCUT2D eigenvalue weighted by molar-refractivity contribution is -0.141. The number of hydrogen-bond acceptors (Lipinski definition) is 6. The summed E-state index contributed by atoms with van der Waals surface area (Å²) in [7, 11) is 0. The first-order valence-corrected chi connectivity index (χ1v) is 11.5. The summed E-state index contributed by atoms with van der Waals surface area (Å²) in [5.41, 5.74) is 4.36. The van der Waals surface area contributed by atoms with E-state index in [4.69, 9.17) is 5.84 Å². The lowest BCUT2D eigenvalue weighted by atomic mass is 10.1. The molecule has 5 N–H and O–H groups in total. The SMILES string of the molecule is NN=Cc1ccc(C(=O)Nc2ccc3c(c2)CN(CCc2ccccc2)C(=O)C(CC(=O)O)N3)cc1. The van der Waals surface area contributed by atoms with Crippen LogP contribution in [-0.2, 0) is 22.6 Å². The normalized spacial score (nSPS) is 15.2. The van der Waals surface area contributed by atoms with Crippen LogP contribution in [0, 0.1) is 0 Å². The summed E-state index contributed by atoms with van der Waals surface area (Å²) in [5.74, 6) is 3.55. The van der Waals surface area contributed by atoms with Crippen molar-refractivity contribution < 1.29 is 19.5 Å². The summed E-state index contributed by atoms with van der Waals surface area (Å²) in [6, 6.07) is 21.1. The second kappa shape index (κ2) is 11.2. The van der Waals surface area contributed by atoms with E-state index in [1.807, 2.05) is 36.4 Å². The topological polar surface area (TPSA) is 137 Å². The molecule has 2 amide bonds. The maximum atomic E-state index is 13.2. The van der Waals surface area contributed by atoms with Gasteiger partial charge in [0.05, 0.1) is 12.6 Å². The Morgan fingerprint density at radius 2 is 1.86 bits per heavy atom. The van der Waals surface area contributed by atoms with Gasteiger partial charge in [0.25, 0.3) is 5.91 Å². The van der Waals surface area contributed by atoms with Crippen molar-refractivity contribution in [2.45, 2.75) is 25.4 Å². The van der Waals surface area contributed by atoms with Crippen molar-refractivity contribution in [3.8, 4) is 0 Å². The Bertz CT molecular complexity index is 1280. The number of aliphatic carboxylic acids is 1. The van der Waals surface area contributed by atoms with Crippen LogP contribution in [0.1, 0.15) is 33.5 Å². The molecule has 0 fully saturated rings. The van der Waals surface area contributed by atoms with Crippen molar-refractivity contribution >= 4 is 35.4 Å².